The molecule has 1 rings (SSSR count). The molecule has 7 heteroatoms. The molecule has 0 fully saturated rings. The van der Waals surface area contributed by atoms with Gasteiger partial charge in [0.05, 0.1) is 7.11 Å². The molecule has 11 heavy (non-hydrogen) atoms. The van der Waals surface area contributed by atoms with E-state index in [-0.39, 0.29) is 17.2 Å². The molecule has 0 amide bonds. The summed E-state index contributed by atoms with van der Waals surface area (Å²) in [4.78, 5) is 11.0. The summed E-state index contributed by atoms with van der Waals surface area (Å²) < 4.78 is 4.70. The van der Waals surface area contributed by atoms with Gasteiger partial charge in [-0.1, -0.05) is 0 Å². The summed E-state index contributed by atoms with van der Waals surface area (Å²) in [7, 11) is 1.42. The van der Waals surface area contributed by atoms with Crippen molar-refractivity contribution in [1.82, 2.24) is 15.0 Å². The predicted octanol–water partition coefficient (Wildman–Crippen LogP) is -0.181. The number of aromatic nitrogens is 3. The first-order chi connectivity index (χ1) is 5.26. The molecule has 0 aliphatic heterocycles. The van der Waals surface area contributed by atoms with Crippen LogP contribution >= 0.6 is 11.6 Å². The highest BCUT2D eigenvalue weighted by Crippen LogP contribution is 2.08. The molecule has 3 N–H and O–H groups in total. The van der Waals surface area contributed by atoms with Crippen LogP contribution in [0, 0.1) is 0 Å². The fraction of sp³-hybridized carbons (Fsp3) is 0.250. The van der Waals surface area contributed by atoms with Crippen LogP contribution < -0.4 is 16.0 Å². The number of rotatable bonds is 2. The van der Waals surface area contributed by atoms with E-state index in [9.17, 15) is 0 Å². The zero-order chi connectivity index (χ0) is 8.27. The van der Waals surface area contributed by atoms with Crippen LogP contribution in [0.5, 0.6) is 6.01 Å². The van der Waals surface area contributed by atoms with Crippen LogP contribution in [0.25, 0.3) is 0 Å². The Balaban J connectivity index is 3.02. The fourth-order valence-corrected chi connectivity index (χ4v) is 0.640. The van der Waals surface area contributed by atoms with Gasteiger partial charge in [-0.3, -0.25) is 5.43 Å². The number of halogens is 1. The van der Waals surface area contributed by atoms with Gasteiger partial charge in [0.25, 0.3) is 0 Å². The molecular formula is C4H6ClN5O. The maximum absolute atomic E-state index is 5.47. The second kappa shape index (κ2) is 3.31. The van der Waals surface area contributed by atoms with Crippen molar-refractivity contribution in [3.05, 3.63) is 5.28 Å². The van der Waals surface area contributed by atoms with Gasteiger partial charge in [-0.05, 0) is 11.6 Å². The molecule has 1 aromatic rings. The number of methoxy groups -OCH3 is 1. The summed E-state index contributed by atoms with van der Waals surface area (Å²) in [5, 5.41) is 0.0322. The SMILES string of the molecule is COc1nc(Cl)nc(NN)n1. The van der Waals surface area contributed by atoms with Gasteiger partial charge in [-0.25, -0.2) is 5.84 Å². The molecule has 0 aliphatic carbocycles. The number of hydrogen-bond acceptors (Lipinski definition) is 6. The number of nitrogens with two attached hydrogens (primary N) is 1. The lowest BCUT2D eigenvalue weighted by Crippen LogP contribution is -2.11. The molecule has 0 bridgehead atoms. The monoisotopic (exact) mass is 175 g/mol. The third-order valence-electron chi connectivity index (χ3n) is 0.899. The molecule has 6 nitrogen and oxygen atoms in total. The van der Waals surface area contributed by atoms with Gasteiger partial charge in [0, 0.05) is 0 Å². The number of nitrogens with zero attached hydrogens (tertiary/aromatic N) is 3. The molecule has 0 saturated carbocycles. The molecule has 0 saturated heterocycles. The van der Waals surface area contributed by atoms with Gasteiger partial charge in [0.2, 0.25) is 11.2 Å². The number of anilines is 1. The molecular weight excluding hydrogens is 170 g/mol. The van der Waals surface area contributed by atoms with Crippen molar-refractivity contribution in [2.24, 2.45) is 5.84 Å². The van der Waals surface area contributed by atoms with Crippen molar-refractivity contribution < 1.29 is 4.74 Å². The maximum Gasteiger partial charge on any atom is 0.322 e. The molecule has 0 unspecified atom stereocenters. The summed E-state index contributed by atoms with van der Waals surface area (Å²) in [6, 6.07) is 0.123. The Kier molecular flexibility index (Phi) is 2.40. The summed E-state index contributed by atoms with van der Waals surface area (Å²) >= 11 is 5.47. The zero-order valence-corrected chi connectivity index (χ0v) is 6.46. The predicted molar refractivity (Wildman–Crippen MR) is 39.2 cm³/mol. The van der Waals surface area contributed by atoms with E-state index < -0.39 is 0 Å². The Bertz CT molecular complexity index is 232. The van der Waals surface area contributed by atoms with Crippen molar-refractivity contribution in [2.45, 2.75) is 0 Å². The number of hydrogen-bond donors (Lipinski definition) is 2. The van der Waals surface area contributed by atoms with Gasteiger partial charge in [-0.2, -0.15) is 15.0 Å². The fourth-order valence-electron chi connectivity index (χ4n) is 0.488. The lowest BCUT2D eigenvalue weighted by atomic mass is 10.9. The van der Waals surface area contributed by atoms with Crippen LogP contribution in [0.3, 0.4) is 0 Å². The van der Waals surface area contributed by atoms with Crippen LogP contribution in [0.4, 0.5) is 5.95 Å². The van der Waals surface area contributed by atoms with Crippen LogP contribution in [-0.2, 0) is 0 Å². The Morgan fingerprint density at radius 3 is 2.73 bits per heavy atom. The van der Waals surface area contributed by atoms with E-state index in [0.717, 1.165) is 0 Å². The molecule has 1 aromatic heterocycles. The average Bonchev–Trinajstić information content (AvgIpc) is 2.03. The number of nitrogens with one attached hydrogen (secondary N) is 1. The molecule has 60 valence electrons. The van der Waals surface area contributed by atoms with Crippen LogP contribution in [-0.4, -0.2) is 22.1 Å². The molecule has 0 aromatic carbocycles. The molecule has 0 aliphatic rings. The second-order valence-electron chi connectivity index (χ2n) is 1.56. The van der Waals surface area contributed by atoms with Crippen LogP contribution in [0.1, 0.15) is 0 Å². The topological polar surface area (TPSA) is 86.0 Å². The van der Waals surface area contributed by atoms with Crippen LogP contribution in [0.15, 0.2) is 0 Å². The molecule has 0 spiro atoms. The van der Waals surface area contributed by atoms with Gasteiger partial charge in [0.1, 0.15) is 0 Å². The Morgan fingerprint density at radius 2 is 2.18 bits per heavy atom. The second-order valence-corrected chi connectivity index (χ2v) is 1.90. The highest BCUT2D eigenvalue weighted by atomic mass is 35.5. The summed E-state index contributed by atoms with van der Waals surface area (Å²) in [6.07, 6.45) is 0. The molecule has 1 heterocycles. The quantitative estimate of drug-likeness (QED) is 0.479. The largest absolute Gasteiger partial charge is 0.467 e. The normalized spacial score (nSPS) is 9.36. The van der Waals surface area contributed by atoms with Gasteiger partial charge >= 0.3 is 6.01 Å². The summed E-state index contributed by atoms with van der Waals surface area (Å²) in [5.74, 6) is 5.19. The Hall–Kier alpha value is -1.14. The van der Waals surface area contributed by atoms with Gasteiger partial charge < -0.3 is 4.74 Å². The van der Waals surface area contributed by atoms with E-state index in [2.05, 4.69) is 20.4 Å². The van der Waals surface area contributed by atoms with Gasteiger partial charge in [0.15, 0.2) is 0 Å². The van der Waals surface area contributed by atoms with Crippen molar-refractivity contribution >= 4 is 17.5 Å². The van der Waals surface area contributed by atoms with Crippen molar-refractivity contribution in [2.75, 3.05) is 12.5 Å². The Morgan fingerprint density at radius 1 is 1.45 bits per heavy atom. The first-order valence-electron chi connectivity index (χ1n) is 2.68. The highest BCUT2D eigenvalue weighted by Gasteiger charge is 2.01. The third kappa shape index (κ3) is 1.89. The smallest absolute Gasteiger partial charge is 0.322 e. The minimum absolute atomic E-state index is 0.0322. The highest BCUT2D eigenvalue weighted by molar-refractivity contribution is 6.28. The summed E-state index contributed by atoms with van der Waals surface area (Å²) in [6.45, 7) is 0. The van der Waals surface area contributed by atoms with E-state index in [1.54, 1.807) is 0 Å². The summed E-state index contributed by atoms with van der Waals surface area (Å²) in [5.41, 5.74) is 2.22. The lowest BCUT2D eigenvalue weighted by molar-refractivity contribution is 0.379. The molecule has 0 atom stereocenters. The number of ether oxygens (including phenoxy) is 1. The van der Waals surface area contributed by atoms with E-state index in [1.807, 2.05) is 0 Å². The minimum atomic E-state index is 0.0322. The van der Waals surface area contributed by atoms with E-state index in [0.29, 0.717) is 0 Å². The minimum Gasteiger partial charge on any atom is -0.467 e. The number of hydrazine groups is 1. The van der Waals surface area contributed by atoms with Crippen LogP contribution in [0.2, 0.25) is 5.28 Å². The first kappa shape index (κ1) is 7.96. The molecule has 0 radical (unpaired) electrons. The van der Waals surface area contributed by atoms with Crippen molar-refractivity contribution in [3.8, 4) is 6.01 Å². The standard InChI is InChI=1S/C4H6ClN5O/c1-11-4-8-2(5)7-3(9-4)10-6/h6H2,1H3,(H,7,8,9,10). The van der Waals surface area contributed by atoms with Gasteiger partial charge in [-0.15, -0.1) is 0 Å². The van der Waals surface area contributed by atoms with Crippen molar-refractivity contribution in [3.63, 3.8) is 0 Å². The lowest BCUT2D eigenvalue weighted by Gasteiger charge is -2.00. The maximum atomic E-state index is 5.47. The van der Waals surface area contributed by atoms with E-state index >= 15 is 0 Å². The van der Waals surface area contributed by atoms with Crippen molar-refractivity contribution in [1.29, 1.82) is 0 Å². The zero-order valence-electron chi connectivity index (χ0n) is 5.71. The Labute approximate surface area is 67.7 Å². The average molecular weight is 176 g/mol. The first-order valence-corrected chi connectivity index (χ1v) is 3.06. The third-order valence-corrected chi connectivity index (χ3v) is 1.07. The van der Waals surface area contributed by atoms with E-state index in [1.165, 1.54) is 7.11 Å². The van der Waals surface area contributed by atoms with E-state index in [4.69, 9.17) is 22.2 Å². The number of nitrogen functional groups attached to an aromatic ring is 1.